The van der Waals surface area contributed by atoms with E-state index in [1.54, 1.807) is 12.4 Å². The molecule has 3 N–H and O–H groups in total. The molecule has 2 aromatic heterocycles. The predicted octanol–water partition coefficient (Wildman–Crippen LogP) is 3.71. The molecule has 0 radical (unpaired) electrons. The van der Waals surface area contributed by atoms with Crippen molar-refractivity contribution < 1.29 is 0 Å². The van der Waals surface area contributed by atoms with Crippen molar-refractivity contribution in [1.82, 2.24) is 25.1 Å². The summed E-state index contributed by atoms with van der Waals surface area (Å²) < 4.78 is 2.10. The van der Waals surface area contributed by atoms with Gasteiger partial charge in [0.1, 0.15) is 0 Å². The van der Waals surface area contributed by atoms with E-state index in [9.17, 15) is 0 Å². The first-order chi connectivity index (χ1) is 13.4. The number of nitrogens with zero attached hydrogens (tertiary/aromatic N) is 4. The molecule has 4 rings (SSSR count). The van der Waals surface area contributed by atoms with Crippen molar-refractivity contribution in [2.24, 2.45) is 0 Å². The second kappa shape index (κ2) is 7.36. The van der Waals surface area contributed by atoms with Crippen LogP contribution in [0.4, 0.5) is 5.95 Å². The van der Waals surface area contributed by atoms with Crippen molar-refractivity contribution >= 4 is 5.95 Å². The maximum atomic E-state index is 5.57. The van der Waals surface area contributed by atoms with Gasteiger partial charge in [-0.3, -0.25) is 0 Å². The van der Waals surface area contributed by atoms with E-state index >= 15 is 0 Å². The van der Waals surface area contributed by atoms with Gasteiger partial charge in [-0.2, -0.15) is 5.10 Å². The van der Waals surface area contributed by atoms with Crippen LogP contribution in [-0.4, -0.2) is 19.7 Å². The van der Waals surface area contributed by atoms with Crippen LogP contribution in [-0.2, 0) is 18.4 Å². The Morgan fingerprint density at radius 1 is 1.11 bits per heavy atom. The van der Waals surface area contributed by atoms with Gasteiger partial charge in [0.2, 0.25) is 5.95 Å². The first-order valence-electron chi connectivity index (χ1n) is 9.89. The maximum Gasteiger partial charge on any atom is 0.219 e. The standard InChI is InChI=1S/C22H28N6/c1-22(2,3)16-7-9-17(10-8-16)28-20-6-4-5-19(18(20)14-27-28)24-11-15-12-25-21(23)26-13-15/h7-10,12-14,19,24H,4-6,11H2,1-3H3,(H2,23,25,26). The third kappa shape index (κ3) is 3.78. The summed E-state index contributed by atoms with van der Waals surface area (Å²) in [6.45, 7) is 7.43. The summed E-state index contributed by atoms with van der Waals surface area (Å²) in [7, 11) is 0. The molecule has 0 saturated carbocycles. The fraction of sp³-hybridized carbons (Fsp3) is 0.409. The van der Waals surface area contributed by atoms with Gasteiger partial charge < -0.3 is 11.1 Å². The molecular formula is C22H28N6. The summed E-state index contributed by atoms with van der Waals surface area (Å²) in [5.74, 6) is 0.308. The van der Waals surface area contributed by atoms with Crippen LogP contribution in [0, 0.1) is 0 Å². The summed E-state index contributed by atoms with van der Waals surface area (Å²) in [6, 6.07) is 9.07. The van der Waals surface area contributed by atoms with E-state index in [-0.39, 0.29) is 5.41 Å². The van der Waals surface area contributed by atoms with Gasteiger partial charge in [-0.15, -0.1) is 0 Å². The van der Waals surface area contributed by atoms with E-state index < -0.39 is 0 Å². The Morgan fingerprint density at radius 3 is 2.50 bits per heavy atom. The zero-order valence-electron chi connectivity index (χ0n) is 16.8. The molecule has 6 heteroatoms. The van der Waals surface area contributed by atoms with Crippen LogP contribution in [0.25, 0.3) is 5.69 Å². The highest BCUT2D eigenvalue weighted by Gasteiger charge is 2.24. The van der Waals surface area contributed by atoms with Gasteiger partial charge in [-0.05, 0) is 42.4 Å². The molecule has 0 spiro atoms. The number of benzene rings is 1. The molecule has 1 aromatic carbocycles. The lowest BCUT2D eigenvalue weighted by atomic mass is 9.87. The summed E-state index contributed by atoms with van der Waals surface area (Å²) in [5, 5.41) is 8.35. The quantitative estimate of drug-likeness (QED) is 0.725. The zero-order valence-corrected chi connectivity index (χ0v) is 16.8. The summed E-state index contributed by atoms with van der Waals surface area (Å²) >= 11 is 0. The Hall–Kier alpha value is -2.73. The largest absolute Gasteiger partial charge is 0.368 e. The van der Waals surface area contributed by atoms with Crippen LogP contribution in [0.3, 0.4) is 0 Å². The van der Waals surface area contributed by atoms with Gasteiger partial charge in [0.25, 0.3) is 0 Å². The van der Waals surface area contributed by atoms with Gasteiger partial charge >= 0.3 is 0 Å². The highest BCUT2D eigenvalue weighted by atomic mass is 15.3. The minimum absolute atomic E-state index is 0.156. The third-order valence-electron chi connectivity index (χ3n) is 5.44. The van der Waals surface area contributed by atoms with Crippen LogP contribution >= 0.6 is 0 Å². The van der Waals surface area contributed by atoms with Crippen molar-refractivity contribution in [1.29, 1.82) is 0 Å². The second-order valence-corrected chi connectivity index (χ2v) is 8.53. The summed E-state index contributed by atoms with van der Waals surface area (Å²) in [4.78, 5) is 8.13. The number of anilines is 1. The molecule has 1 unspecified atom stereocenters. The second-order valence-electron chi connectivity index (χ2n) is 8.53. The molecule has 28 heavy (non-hydrogen) atoms. The highest BCUT2D eigenvalue weighted by molar-refractivity contribution is 5.40. The van der Waals surface area contributed by atoms with E-state index in [0.717, 1.165) is 37.1 Å². The van der Waals surface area contributed by atoms with Crippen molar-refractivity contribution in [3.63, 3.8) is 0 Å². The minimum Gasteiger partial charge on any atom is -0.368 e. The predicted molar refractivity (Wildman–Crippen MR) is 111 cm³/mol. The van der Waals surface area contributed by atoms with Gasteiger partial charge in [0.05, 0.1) is 11.9 Å². The SMILES string of the molecule is CC(C)(C)c1ccc(-n2ncc3c2CCCC3NCc2cnc(N)nc2)cc1. The molecule has 6 nitrogen and oxygen atoms in total. The fourth-order valence-electron chi connectivity index (χ4n) is 3.79. The number of fused-ring (bicyclic) bond motifs is 1. The number of hydrogen-bond donors (Lipinski definition) is 2. The number of hydrogen-bond acceptors (Lipinski definition) is 5. The van der Waals surface area contributed by atoms with Crippen LogP contribution in [0.1, 0.15) is 62.0 Å². The van der Waals surface area contributed by atoms with E-state index in [2.05, 4.69) is 65.0 Å². The molecule has 0 amide bonds. The first-order valence-corrected chi connectivity index (χ1v) is 9.89. The molecule has 1 atom stereocenters. The fourth-order valence-corrected chi connectivity index (χ4v) is 3.79. The number of nitrogen functional groups attached to an aromatic ring is 1. The molecule has 0 fully saturated rings. The lowest BCUT2D eigenvalue weighted by molar-refractivity contribution is 0.454. The maximum absolute atomic E-state index is 5.57. The lowest BCUT2D eigenvalue weighted by Gasteiger charge is -2.24. The molecule has 0 saturated heterocycles. The third-order valence-corrected chi connectivity index (χ3v) is 5.44. The molecule has 0 aliphatic heterocycles. The van der Waals surface area contributed by atoms with Crippen molar-refractivity contribution in [3.05, 3.63) is 65.2 Å². The van der Waals surface area contributed by atoms with Crippen LogP contribution in [0.2, 0.25) is 0 Å². The lowest BCUT2D eigenvalue weighted by Crippen LogP contribution is -2.25. The van der Waals surface area contributed by atoms with Crippen LogP contribution < -0.4 is 11.1 Å². The molecule has 146 valence electrons. The molecule has 1 aliphatic rings. The van der Waals surface area contributed by atoms with E-state index in [1.165, 1.54) is 16.8 Å². The van der Waals surface area contributed by atoms with Gasteiger partial charge in [-0.1, -0.05) is 32.9 Å². The molecule has 0 bridgehead atoms. The Bertz CT molecular complexity index is 935. The average molecular weight is 377 g/mol. The van der Waals surface area contributed by atoms with Crippen LogP contribution in [0.5, 0.6) is 0 Å². The number of nitrogens with one attached hydrogen (secondary N) is 1. The van der Waals surface area contributed by atoms with E-state index in [4.69, 9.17) is 10.8 Å². The Labute approximate surface area is 166 Å². The topological polar surface area (TPSA) is 81.7 Å². The smallest absolute Gasteiger partial charge is 0.219 e. The van der Waals surface area contributed by atoms with Crippen molar-refractivity contribution in [2.75, 3.05) is 5.73 Å². The number of nitrogens with two attached hydrogens (primary N) is 1. The monoisotopic (exact) mass is 376 g/mol. The van der Waals surface area contributed by atoms with Crippen molar-refractivity contribution in [2.45, 2.75) is 58.0 Å². The Morgan fingerprint density at radius 2 is 1.82 bits per heavy atom. The Kier molecular flexibility index (Phi) is 4.89. The van der Waals surface area contributed by atoms with Gasteiger partial charge in [0.15, 0.2) is 0 Å². The zero-order chi connectivity index (χ0) is 19.7. The minimum atomic E-state index is 0.156. The van der Waals surface area contributed by atoms with E-state index in [0.29, 0.717) is 12.0 Å². The van der Waals surface area contributed by atoms with Gasteiger partial charge in [0, 0.05) is 41.8 Å². The number of aromatic nitrogens is 4. The average Bonchev–Trinajstić information content (AvgIpc) is 3.12. The summed E-state index contributed by atoms with van der Waals surface area (Å²) in [6.07, 6.45) is 8.88. The Balaban J connectivity index is 1.53. The van der Waals surface area contributed by atoms with E-state index in [1.807, 2.05) is 6.20 Å². The molecule has 3 aromatic rings. The van der Waals surface area contributed by atoms with Crippen molar-refractivity contribution in [3.8, 4) is 5.69 Å². The molecular weight excluding hydrogens is 348 g/mol. The number of rotatable bonds is 4. The highest BCUT2D eigenvalue weighted by Crippen LogP contribution is 2.32. The first kappa shape index (κ1) is 18.6. The normalized spacial score (nSPS) is 16.8. The van der Waals surface area contributed by atoms with Gasteiger partial charge in [-0.25, -0.2) is 14.6 Å². The van der Waals surface area contributed by atoms with Crippen LogP contribution in [0.15, 0.2) is 42.9 Å². The summed E-state index contributed by atoms with van der Waals surface area (Å²) in [5.41, 5.74) is 11.8. The molecule has 2 heterocycles. The molecule has 1 aliphatic carbocycles.